The molecular formula is C17H30F6O3. The molecule has 0 saturated heterocycles. The van der Waals surface area contributed by atoms with E-state index in [2.05, 4.69) is 14.2 Å². The lowest BCUT2D eigenvalue weighted by Crippen LogP contribution is -2.67. The van der Waals surface area contributed by atoms with Crippen molar-refractivity contribution in [1.82, 2.24) is 0 Å². The minimum atomic E-state index is -5.01. The van der Waals surface area contributed by atoms with Gasteiger partial charge in [0.2, 0.25) is 5.41 Å². The molecule has 0 fully saturated rings. The molecule has 0 aromatic heterocycles. The zero-order chi connectivity index (χ0) is 21.6. The largest absolute Gasteiger partial charge is 0.378 e. The Kier molecular flexibility index (Phi) is 6.67. The van der Waals surface area contributed by atoms with E-state index in [0.717, 1.165) is 62.3 Å². The molecule has 0 spiro atoms. The molecule has 0 saturated carbocycles. The number of rotatable bonds is 6. The number of hydrogen-bond acceptors (Lipinski definition) is 3. The Morgan fingerprint density at radius 2 is 0.538 bits per heavy atom. The van der Waals surface area contributed by atoms with Crippen LogP contribution in [-0.4, -0.2) is 35.1 Å². The van der Waals surface area contributed by atoms with Crippen LogP contribution in [0.5, 0.6) is 0 Å². The number of alkyl halides is 6. The monoisotopic (exact) mass is 396 g/mol. The van der Waals surface area contributed by atoms with Gasteiger partial charge in [0.05, 0.1) is 16.8 Å². The van der Waals surface area contributed by atoms with E-state index in [1.807, 2.05) is 0 Å². The van der Waals surface area contributed by atoms with Gasteiger partial charge >= 0.3 is 18.3 Å². The van der Waals surface area contributed by atoms with E-state index in [9.17, 15) is 26.3 Å². The van der Waals surface area contributed by atoms with Gasteiger partial charge in [-0.05, 0) is 69.2 Å². The topological polar surface area (TPSA) is 27.7 Å². The van der Waals surface area contributed by atoms with Crippen molar-refractivity contribution in [3.63, 3.8) is 0 Å². The smallest absolute Gasteiger partial charge is 0.314 e. The van der Waals surface area contributed by atoms with Crippen LogP contribution in [0.4, 0.5) is 26.3 Å². The summed E-state index contributed by atoms with van der Waals surface area (Å²) < 4.78 is 102. The van der Waals surface area contributed by atoms with Crippen molar-refractivity contribution in [3.8, 4) is 0 Å². The molecule has 3 nitrogen and oxygen atoms in total. The highest BCUT2D eigenvalue weighted by Gasteiger charge is 2.81. The maximum atomic E-state index is 14.8. The summed E-state index contributed by atoms with van der Waals surface area (Å²) in [6.45, 7) is 10.2. The predicted octanol–water partition coefficient (Wildman–Crippen LogP) is 6.22. The molecule has 0 N–H and O–H groups in total. The Morgan fingerprint density at radius 3 is 0.654 bits per heavy atom. The van der Waals surface area contributed by atoms with Crippen LogP contribution in [0.3, 0.4) is 0 Å². The summed E-state index contributed by atoms with van der Waals surface area (Å²) >= 11 is 0. The van der Waals surface area contributed by atoms with Gasteiger partial charge in [-0.3, -0.25) is 0 Å². The van der Waals surface area contributed by atoms with Crippen LogP contribution in [0.15, 0.2) is 0 Å². The standard InChI is InChI=1S/C17H30F6O3/c1-11(2,3)24-15(18,19)14(10,16(20,21)25-12(4,5)6)17(22,23)26-13(7,8)9/h1-10H3. The molecule has 0 heterocycles. The summed E-state index contributed by atoms with van der Waals surface area (Å²) in [7, 11) is 0. The fraction of sp³-hybridized carbons (Fsp3) is 1.00. The first-order valence-corrected chi connectivity index (χ1v) is 8.11. The molecule has 0 aliphatic carbocycles. The molecule has 9 heteroatoms. The van der Waals surface area contributed by atoms with Crippen molar-refractivity contribution >= 4 is 0 Å². The van der Waals surface area contributed by atoms with Gasteiger partial charge in [0.25, 0.3) is 0 Å². The fourth-order valence-corrected chi connectivity index (χ4v) is 1.97. The predicted molar refractivity (Wildman–Crippen MR) is 85.5 cm³/mol. The lowest BCUT2D eigenvalue weighted by molar-refractivity contribution is -0.511. The summed E-state index contributed by atoms with van der Waals surface area (Å²) in [4.78, 5) is 0. The van der Waals surface area contributed by atoms with Gasteiger partial charge in [-0.1, -0.05) is 0 Å². The van der Waals surface area contributed by atoms with E-state index in [0.29, 0.717) is 0 Å². The highest BCUT2D eigenvalue weighted by atomic mass is 19.3. The van der Waals surface area contributed by atoms with Crippen molar-refractivity contribution < 1.29 is 40.6 Å². The Bertz CT molecular complexity index is 415. The summed E-state index contributed by atoms with van der Waals surface area (Å²) in [6, 6.07) is 0. The van der Waals surface area contributed by atoms with Crippen LogP contribution in [-0.2, 0) is 14.2 Å². The first-order valence-electron chi connectivity index (χ1n) is 8.11. The number of ether oxygens (including phenoxy) is 3. The zero-order valence-electron chi connectivity index (χ0n) is 17.0. The van der Waals surface area contributed by atoms with Gasteiger partial charge in [-0.25, -0.2) is 0 Å². The molecule has 0 unspecified atom stereocenters. The molecule has 0 bridgehead atoms. The van der Waals surface area contributed by atoms with E-state index >= 15 is 0 Å². The van der Waals surface area contributed by atoms with Crippen molar-refractivity contribution in [3.05, 3.63) is 0 Å². The second-order valence-electron chi connectivity index (χ2n) is 9.32. The van der Waals surface area contributed by atoms with Gasteiger partial charge < -0.3 is 14.2 Å². The maximum absolute atomic E-state index is 14.8. The summed E-state index contributed by atoms with van der Waals surface area (Å²) in [6.07, 6.45) is -15.0. The summed E-state index contributed by atoms with van der Waals surface area (Å²) in [5, 5.41) is 0. The highest BCUT2D eigenvalue weighted by molar-refractivity contribution is 4.99. The van der Waals surface area contributed by atoms with Crippen LogP contribution in [0.1, 0.15) is 69.2 Å². The van der Waals surface area contributed by atoms with Gasteiger partial charge in [0.1, 0.15) is 0 Å². The minimum Gasteiger partial charge on any atom is -0.314 e. The van der Waals surface area contributed by atoms with Gasteiger partial charge in [0.15, 0.2) is 0 Å². The third-order valence-corrected chi connectivity index (χ3v) is 3.05. The molecule has 0 aromatic rings. The Hall–Kier alpha value is -0.540. The Balaban J connectivity index is 6.53. The highest BCUT2D eigenvalue weighted by Crippen LogP contribution is 2.60. The van der Waals surface area contributed by atoms with Crippen LogP contribution >= 0.6 is 0 Å². The van der Waals surface area contributed by atoms with Gasteiger partial charge in [-0.2, -0.15) is 26.3 Å². The molecule has 0 radical (unpaired) electrons. The van der Waals surface area contributed by atoms with Crippen LogP contribution < -0.4 is 0 Å². The lowest BCUT2D eigenvalue weighted by atomic mass is 9.84. The molecule has 26 heavy (non-hydrogen) atoms. The quantitative estimate of drug-likeness (QED) is 0.499. The third kappa shape index (κ3) is 5.99. The van der Waals surface area contributed by atoms with E-state index in [1.165, 1.54) is 0 Å². The summed E-state index contributed by atoms with van der Waals surface area (Å²) in [5.41, 5.74) is -9.54. The van der Waals surface area contributed by atoms with Crippen molar-refractivity contribution in [2.75, 3.05) is 0 Å². The second-order valence-corrected chi connectivity index (χ2v) is 9.32. The maximum Gasteiger partial charge on any atom is 0.378 e. The van der Waals surface area contributed by atoms with Gasteiger partial charge in [-0.15, -0.1) is 0 Å². The Labute approximate surface area is 151 Å². The zero-order valence-corrected chi connectivity index (χ0v) is 17.0. The first-order chi connectivity index (χ1) is 10.9. The first kappa shape index (κ1) is 25.5. The van der Waals surface area contributed by atoms with Crippen molar-refractivity contribution in [1.29, 1.82) is 0 Å². The van der Waals surface area contributed by atoms with E-state index in [-0.39, 0.29) is 6.92 Å². The normalized spacial score (nSPS) is 16.2. The van der Waals surface area contributed by atoms with Gasteiger partial charge in [0, 0.05) is 0 Å². The molecule has 0 atom stereocenters. The third-order valence-electron chi connectivity index (χ3n) is 3.05. The summed E-state index contributed by atoms with van der Waals surface area (Å²) in [5.74, 6) is 0. The molecule has 0 aliphatic rings. The average Bonchev–Trinajstić information content (AvgIpc) is 2.16. The fourth-order valence-electron chi connectivity index (χ4n) is 1.97. The molecule has 0 rings (SSSR count). The molecule has 0 aromatic carbocycles. The van der Waals surface area contributed by atoms with Crippen LogP contribution in [0, 0.1) is 5.41 Å². The SMILES string of the molecule is CC(C)(C)OC(F)(F)C(C)(C(F)(F)OC(C)(C)C)C(F)(F)OC(C)(C)C. The minimum absolute atomic E-state index is 0.00375. The molecule has 0 aliphatic heterocycles. The average molecular weight is 396 g/mol. The number of hydrogen-bond donors (Lipinski definition) is 0. The van der Waals surface area contributed by atoms with Crippen LogP contribution in [0.25, 0.3) is 0 Å². The lowest BCUT2D eigenvalue weighted by Gasteiger charge is -2.48. The second kappa shape index (κ2) is 6.81. The Morgan fingerprint density at radius 1 is 0.385 bits per heavy atom. The molecule has 0 amide bonds. The van der Waals surface area contributed by atoms with E-state index in [4.69, 9.17) is 0 Å². The number of halogens is 6. The van der Waals surface area contributed by atoms with Crippen molar-refractivity contribution in [2.45, 2.75) is 104 Å². The molecular weight excluding hydrogens is 366 g/mol. The van der Waals surface area contributed by atoms with Crippen molar-refractivity contribution in [2.24, 2.45) is 5.41 Å². The van der Waals surface area contributed by atoms with E-state index in [1.54, 1.807) is 0 Å². The van der Waals surface area contributed by atoms with E-state index < -0.39 is 40.5 Å². The molecule has 158 valence electrons. The van der Waals surface area contributed by atoms with Crippen LogP contribution in [0.2, 0.25) is 0 Å².